The van der Waals surface area contributed by atoms with Gasteiger partial charge in [-0.05, 0) is 18.6 Å². The normalized spacial score (nSPS) is 12.9. The first-order chi connectivity index (χ1) is 7.34. The van der Waals surface area contributed by atoms with E-state index in [4.69, 9.17) is 4.42 Å². The van der Waals surface area contributed by atoms with E-state index in [0.717, 1.165) is 12.8 Å². The van der Waals surface area contributed by atoms with Crippen LogP contribution in [-0.4, -0.2) is 5.11 Å². The standard InChI is InChI=1S/C13H22O2/c1-2-3-4-5-6-7-9-12(14)13-10-8-11-15-13/h8,10-12,14H,2-7,9H2,1H3/t12-/m1/s1. The molecule has 0 amide bonds. The van der Waals surface area contributed by atoms with Crippen LogP contribution in [0.3, 0.4) is 0 Å². The molecule has 0 aromatic carbocycles. The second-order valence-corrected chi connectivity index (χ2v) is 4.09. The Morgan fingerprint density at radius 2 is 1.93 bits per heavy atom. The van der Waals surface area contributed by atoms with Crippen molar-refractivity contribution < 1.29 is 9.52 Å². The molecule has 0 aliphatic rings. The molecule has 1 heterocycles. The predicted octanol–water partition coefficient (Wildman–Crippen LogP) is 4.06. The van der Waals surface area contributed by atoms with Crippen LogP contribution in [0, 0.1) is 0 Å². The van der Waals surface area contributed by atoms with E-state index in [9.17, 15) is 5.11 Å². The molecule has 0 bridgehead atoms. The fourth-order valence-electron chi connectivity index (χ4n) is 1.74. The molecule has 1 atom stereocenters. The predicted molar refractivity (Wildman–Crippen MR) is 61.7 cm³/mol. The molecule has 1 rings (SSSR count). The Hall–Kier alpha value is -0.760. The molecule has 0 saturated heterocycles. The summed E-state index contributed by atoms with van der Waals surface area (Å²) in [7, 11) is 0. The summed E-state index contributed by atoms with van der Waals surface area (Å²) in [6.45, 7) is 2.22. The minimum Gasteiger partial charge on any atom is -0.467 e. The number of aliphatic hydroxyl groups excluding tert-OH is 1. The molecule has 1 aromatic rings. The molecule has 0 unspecified atom stereocenters. The molecular weight excluding hydrogens is 188 g/mol. The topological polar surface area (TPSA) is 33.4 Å². The fraction of sp³-hybridized carbons (Fsp3) is 0.692. The zero-order valence-corrected chi connectivity index (χ0v) is 9.61. The molecule has 2 nitrogen and oxygen atoms in total. The lowest BCUT2D eigenvalue weighted by Crippen LogP contribution is -1.95. The van der Waals surface area contributed by atoms with E-state index in [0.29, 0.717) is 5.76 Å². The van der Waals surface area contributed by atoms with E-state index in [1.807, 2.05) is 12.1 Å². The van der Waals surface area contributed by atoms with E-state index in [1.54, 1.807) is 6.26 Å². The third-order valence-electron chi connectivity index (χ3n) is 2.70. The lowest BCUT2D eigenvalue weighted by Gasteiger charge is -2.06. The van der Waals surface area contributed by atoms with Crippen molar-refractivity contribution in [2.75, 3.05) is 0 Å². The maximum Gasteiger partial charge on any atom is 0.132 e. The van der Waals surface area contributed by atoms with Crippen molar-refractivity contribution in [2.45, 2.75) is 58.0 Å². The molecule has 2 heteroatoms. The van der Waals surface area contributed by atoms with Crippen molar-refractivity contribution in [2.24, 2.45) is 0 Å². The smallest absolute Gasteiger partial charge is 0.132 e. The zero-order chi connectivity index (χ0) is 10.9. The monoisotopic (exact) mass is 210 g/mol. The SMILES string of the molecule is CCCCCCCC[C@@H](O)c1ccco1. The van der Waals surface area contributed by atoms with Crippen LogP contribution in [0.4, 0.5) is 0 Å². The summed E-state index contributed by atoms with van der Waals surface area (Å²) < 4.78 is 5.14. The van der Waals surface area contributed by atoms with Gasteiger partial charge >= 0.3 is 0 Å². The van der Waals surface area contributed by atoms with Gasteiger partial charge in [-0.25, -0.2) is 0 Å². The van der Waals surface area contributed by atoms with Crippen molar-refractivity contribution in [3.63, 3.8) is 0 Å². The van der Waals surface area contributed by atoms with Crippen molar-refractivity contribution in [1.82, 2.24) is 0 Å². The molecule has 0 aliphatic heterocycles. The van der Waals surface area contributed by atoms with Crippen LogP contribution in [-0.2, 0) is 0 Å². The highest BCUT2D eigenvalue weighted by atomic mass is 16.4. The lowest BCUT2D eigenvalue weighted by atomic mass is 10.1. The molecule has 0 radical (unpaired) electrons. The Bertz CT molecular complexity index is 229. The highest BCUT2D eigenvalue weighted by molar-refractivity contribution is 5.01. The molecule has 15 heavy (non-hydrogen) atoms. The van der Waals surface area contributed by atoms with Gasteiger partial charge in [-0.1, -0.05) is 45.4 Å². The molecule has 86 valence electrons. The Balaban J connectivity index is 2.00. The first-order valence-electron chi connectivity index (χ1n) is 6.06. The summed E-state index contributed by atoms with van der Waals surface area (Å²) in [5.41, 5.74) is 0. The summed E-state index contributed by atoms with van der Waals surface area (Å²) >= 11 is 0. The molecule has 0 saturated carbocycles. The average Bonchev–Trinajstić information content (AvgIpc) is 2.76. The van der Waals surface area contributed by atoms with E-state index >= 15 is 0 Å². The van der Waals surface area contributed by atoms with Crippen LogP contribution >= 0.6 is 0 Å². The van der Waals surface area contributed by atoms with Gasteiger partial charge in [-0.2, -0.15) is 0 Å². The first kappa shape index (κ1) is 12.3. The minimum atomic E-state index is -0.411. The second-order valence-electron chi connectivity index (χ2n) is 4.09. The van der Waals surface area contributed by atoms with Crippen molar-refractivity contribution in [3.05, 3.63) is 24.2 Å². The van der Waals surface area contributed by atoms with Gasteiger partial charge in [0.2, 0.25) is 0 Å². The Morgan fingerprint density at radius 3 is 2.60 bits per heavy atom. The quantitative estimate of drug-likeness (QED) is 0.656. The summed E-state index contributed by atoms with van der Waals surface area (Å²) in [4.78, 5) is 0. The third-order valence-corrected chi connectivity index (χ3v) is 2.70. The van der Waals surface area contributed by atoms with Crippen molar-refractivity contribution in [3.8, 4) is 0 Å². The number of unbranched alkanes of at least 4 members (excludes halogenated alkanes) is 5. The zero-order valence-electron chi connectivity index (χ0n) is 9.61. The lowest BCUT2D eigenvalue weighted by molar-refractivity contribution is 0.136. The van der Waals surface area contributed by atoms with Gasteiger partial charge in [0.15, 0.2) is 0 Å². The average molecular weight is 210 g/mol. The van der Waals surface area contributed by atoms with Crippen LogP contribution in [0.1, 0.15) is 63.7 Å². The van der Waals surface area contributed by atoms with E-state index in [2.05, 4.69) is 6.92 Å². The molecule has 1 N–H and O–H groups in total. The van der Waals surface area contributed by atoms with Gasteiger partial charge < -0.3 is 9.52 Å². The van der Waals surface area contributed by atoms with Crippen molar-refractivity contribution >= 4 is 0 Å². The largest absolute Gasteiger partial charge is 0.467 e. The maximum atomic E-state index is 9.72. The van der Waals surface area contributed by atoms with Gasteiger partial charge in [0.1, 0.15) is 11.9 Å². The van der Waals surface area contributed by atoms with Crippen LogP contribution in [0.15, 0.2) is 22.8 Å². The fourth-order valence-corrected chi connectivity index (χ4v) is 1.74. The summed E-state index contributed by atoms with van der Waals surface area (Å²) in [6.07, 6.45) is 9.57. The highest BCUT2D eigenvalue weighted by Gasteiger charge is 2.08. The van der Waals surface area contributed by atoms with Gasteiger partial charge in [-0.3, -0.25) is 0 Å². The Morgan fingerprint density at radius 1 is 1.20 bits per heavy atom. The van der Waals surface area contributed by atoms with Crippen LogP contribution in [0.5, 0.6) is 0 Å². The Kier molecular flexibility index (Phi) is 6.17. The van der Waals surface area contributed by atoms with Gasteiger partial charge in [0.25, 0.3) is 0 Å². The summed E-state index contributed by atoms with van der Waals surface area (Å²) in [5, 5.41) is 9.72. The second kappa shape index (κ2) is 7.52. The van der Waals surface area contributed by atoms with E-state index in [-0.39, 0.29) is 0 Å². The van der Waals surface area contributed by atoms with Gasteiger partial charge in [0.05, 0.1) is 6.26 Å². The van der Waals surface area contributed by atoms with E-state index in [1.165, 1.54) is 32.1 Å². The van der Waals surface area contributed by atoms with Gasteiger partial charge in [0, 0.05) is 0 Å². The number of rotatable bonds is 8. The maximum absolute atomic E-state index is 9.72. The number of furan rings is 1. The molecular formula is C13H22O2. The van der Waals surface area contributed by atoms with Crippen LogP contribution < -0.4 is 0 Å². The van der Waals surface area contributed by atoms with Crippen molar-refractivity contribution in [1.29, 1.82) is 0 Å². The third kappa shape index (κ3) is 5.03. The molecule has 0 spiro atoms. The van der Waals surface area contributed by atoms with Crippen LogP contribution in [0.25, 0.3) is 0 Å². The molecule has 0 aliphatic carbocycles. The Labute approximate surface area is 92.3 Å². The van der Waals surface area contributed by atoms with Gasteiger partial charge in [-0.15, -0.1) is 0 Å². The minimum absolute atomic E-state index is 0.411. The summed E-state index contributed by atoms with van der Waals surface area (Å²) in [6, 6.07) is 3.65. The summed E-state index contributed by atoms with van der Waals surface area (Å²) in [5.74, 6) is 0.698. The first-order valence-corrected chi connectivity index (χ1v) is 6.06. The number of hydrogen-bond donors (Lipinski definition) is 1. The molecule has 1 aromatic heterocycles. The number of aliphatic hydroxyl groups is 1. The molecule has 0 fully saturated rings. The highest BCUT2D eigenvalue weighted by Crippen LogP contribution is 2.20. The number of hydrogen-bond acceptors (Lipinski definition) is 2. The van der Waals surface area contributed by atoms with E-state index < -0.39 is 6.10 Å². The van der Waals surface area contributed by atoms with Crippen LogP contribution in [0.2, 0.25) is 0 Å².